The lowest BCUT2D eigenvalue weighted by atomic mass is 10.1. The first-order chi connectivity index (χ1) is 50.9. The smallest absolute Gasteiger partial charge is 0.429 e. The summed E-state index contributed by atoms with van der Waals surface area (Å²) in [4.78, 5) is 131. The number of carbonyl (C=O) groups excluding carboxylic acids is 8. The molecule has 588 valence electrons. The Labute approximate surface area is 623 Å². The quantitative estimate of drug-likeness (QED) is 0.0141. The number of nitro groups is 2. The van der Waals surface area contributed by atoms with Crippen LogP contribution in [0, 0.1) is 20.2 Å². The molecular formula is C76H113N9O21. The van der Waals surface area contributed by atoms with Crippen LogP contribution in [0.1, 0.15) is 161 Å². The van der Waals surface area contributed by atoms with Gasteiger partial charge in [0.05, 0.1) is 36.3 Å². The largest absolute Gasteiger partial charge is 0.514 e. The van der Waals surface area contributed by atoms with E-state index in [9.17, 15) is 58.6 Å². The fourth-order valence-electron chi connectivity index (χ4n) is 10.3. The molecule has 0 aliphatic carbocycles. The molecule has 0 heterocycles. The SMILES string of the molecule is CCCC(=O)CCCCOCCOCCOCCCN(Cc1cc(COC(=O)Oc2ccc([N+](=O)[O-])cc2)ccc1OC(=O)N(CC)CCN(CC)CC)C(C)=O.CCCC(=O)NCCCCCCCCN(Cc1cc(COC(=O)Oc2ccc([N+](=O)[O-])cc2)ccc1OC(=O)N(C)CCN(C)C)C(C)=O. The maximum Gasteiger partial charge on any atom is 0.514 e. The lowest BCUT2D eigenvalue weighted by Gasteiger charge is -2.26. The molecule has 0 saturated carbocycles. The minimum absolute atomic E-state index is 0.0773. The van der Waals surface area contributed by atoms with Crippen LogP contribution in [0.2, 0.25) is 0 Å². The monoisotopic (exact) mass is 1490 g/mol. The summed E-state index contributed by atoms with van der Waals surface area (Å²) < 4.78 is 49.3. The predicted molar refractivity (Wildman–Crippen MR) is 398 cm³/mol. The number of amides is 5. The first-order valence-corrected chi connectivity index (χ1v) is 36.6. The molecule has 106 heavy (non-hydrogen) atoms. The number of hydrogen-bond donors (Lipinski definition) is 1. The van der Waals surface area contributed by atoms with Crippen LogP contribution in [0.4, 0.5) is 30.6 Å². The summed E-state index contributed by atoms with van der Waals surface area (Å²) in [6, 6.07) is 20.0. The minimum atomic E-state index is -1.01. The van der Waals surface area contributed by atoms with E-state index in [1.807, 2.05) is 39.8 Å². The molecular weight excluding hydrogens is 1370 g/mol. The molecule has 5 amide bonds. The molecule has 0 atom stereocenters. The predicted octanol–water partition coefficient (Wildman–Crippen LogP) is 12.7. The molecule has 0 aliphatic heterocycles. The summed E-state index contributed by atoms with van der Waals surface area (Å²) >= 11 is 0. The molecule has 0 aromatic heterocycles. The number of nitro benzene ring substituents is 2. The van der Waals surface area contributed by atoms with Gasteiger partial charge >= 0.3 is 24.5 Å². The van der Waals surface area contributed by atoms with Crippen LogP contribution in [0.25, 0.3) is 0 Å². The van der Waals surface area contributed by atoms with E-state index in [0.717, 1.165) is 77.3 Å². The number of non-ortho nitro benzene ring substituents is 2. The van der Waals surface area contributed by atoms with Crippen molar-refractivity contribution in [2.75, 3.05) is 126 Å². The number of benzene rings is 4. The Bertz CT molecular complexity index is 3300. The average molecular weight is 1490 g/mol. The molecule has 4 rings (SSSR count). The molecule has 0 bridgehead atoms. The van der Waals surface area contributed by atoms with E-state index in [1.54, 1.807) is 58.1 Å². The molecule has 0 fully saturated rings. The van der Waals surface area contributed by atoms with E-state index < -0.39 is 34.3 Å². The highest BCUT2D eigenvalue weighted by Crippen LogP contribution is 2.27. The van der Waals surface area contributed by atoms with Gasteiger partial charge in [-0.1, -0.05) is 65.5 Å². The molecule has 4 aromatic carbocycles. The lowest BCUT2D eigenvalue weighted by molar-refractivity contribution is -0.385. The summed E-state index contributed by atoms with van der Waals surface area (Å²) in [5.41, 5.74) is 1.94. The molecule has 0 aliphatic rings. The zero-order valence-corrected chi connectivity index (χ0v) is 63.8. The van der Waals surface area contributed by atoms with Gasteiger partial charge in [0.25, 0.3) is 11.4 Å². The molecule has 4 aromatic rings. The van der Waals surface area contributed by atoms with Crippen molar-refractivity contribution in [2.45, 2.75) is 165 Å². The Morgan fingerprint density at radius 1 is 0.443 bits per heavy atom. The molecule has 0 saturated heterocycles. The van der Waals surface area contributed by atoms with E-state index in [0.29, 0.717) is 146 Å². The second-order valence-corrected chi connectivity index (χ2v) is 25.3. The van der Waals surface area contributed by atoms with Gasteiger partial charge in [0.2, 0.25) is 17.7 Å². The summed E-state index contributed by atoms with van der Waals surface area (Å²) in [6.07, 6.45) is 8.46. The van der Waals surface area contributed by atoms with Crippen LogP contribution in [0.5, 0.6) is 23.0 Å². The van der Waals surface area contributed by atoms with Crippen molar-refractivity contribution >= 4 is 59.4 Å². The molecule has 0 unspecified atom stereocenters. The topological polar surface area (TPSA) is 337 Å². The summed E-state index contributed by atoms with van der Waals surface area (Å²) in [5, 5.41) is 24.7. The second kappa shape index (κ2) is 53.4. The molecule has 0 radical (unpaired) electrons. The molecule has 0 spiro atoms. The third kappa shape index (κ3) is 39.1. The highest BCUT2D eigenvalue weighted by Gasteiger charge is 2.23. The van der Waals surface area contributed by atoms with Gasteiger partial charge in [-0.3, -0.25) is 39.4 Å². The molecule has 30 nitrogen and oxygen atoms in total. The first kappa shape index (κ1) is 90.9. The zero-order chi connectivity index (χ0) is 78.0. The van der Waals surface area contributed by atoms with Crippen LogP contribution >= 0.6 is 0 Å². The number of carbonyl (C=O) groups is 8. The van der Waals surface area contributed by atoms with Crippen LogP contribution in [-0.2, 0) is 69.2 Å². The van der Waals surface area contributed by atoms with E-state index in [-0.39, 0.29) is 78.4 Å². The van der Waals surface area contributed by atoms with Gasteiger partial charge in [-0.05, 0) is 139 Å². The van der Waals surface area contributed by atoms with Crippen molar-refractivity contribution in [2.24, 2.45) is 0 Å². The maximum absolute atomic E-state index is 13.3. The van der Waals surface area contributed by atoms with Gasteiger partial charge in [0.15, 0.2) is 0 Å². The van der Waals surface area contributed by atoms with Crippen LogP contribution in [0.15, 0.2) is 84.9 Å². The third-order valence-electron chi connectivity index (χ3n) is 16.5. The number of rotatable bonds is 51. The molecule has 1 N–H and O–H groups in total. The summed E-state index contributed by atoms with van der Waals surface area (Å²) in [6.45, 7) is 21.6. The fourth-order valence-corrected chi connectivity index (χ4v) is 10.3. The first-order valence-electron chi connectivity index (χ1n) is 36.6. The number of hydrogen-bond acceptors (Lipinski definition) is 23. The maximum atomic E-state index is 13.3. The number of Topliss-reactive ketones (excluding diaryl/α,β-unsaturated/α-hetero) is 1. The van der Waals surface area contributed by atoms with Crippen LogP contribution in [0.3, 0.4) is 0 Å². The average Bonchev–Trinajstić information content (AvgIpc) is 0.839. The number of likely N-dealkylation sites (N-methyl/N-ethyl adjacent to an activating group) is 4. The standard InChI is InChI=1S/C41H62N4O12.C35H51N5O9/c1-6-13-37(47)14-10-11-24-52-26-28-54-29-27-53-25-12-21-44(33(5)46)31-35-30-34(32-55-41(49)56-38-18-16-36(17-19-38)45(50)51)15-20-39(35)57-40(48)43(9-4)23-22-42(7-2)8-3;1-6-13-33(42)36-20-11-9-7-8-10-12-21-39(27(2)41)25-29-24-28(14-19-32(29)49-34(43)38(5)23-22-37(3)4)26-47-35(44)48-31-17-15-30(16-18-31)40(45)46/h15-20,30H,6-14,21-29,31-32H2,1-5H3;14-19,24H,6-13,20-23,25-26H2,1-5H3,(H,36,42). The van der Waals surface area contributed by atoms with E-state index >= 15 is 0 Å². The van der Waals surface area contributed by atoms with Crippen molar-refractivity contribution in [1.82, 2.24) is 34.7 Å². The highest BCUT2D eigenvalue weighted by atomic mass is 16.7. The Morgan fingerprint density at radius 3 is 1.37 bits per heavy atom. The van der Waals surface area contributed by atoms with Crippen LogP contribution < -0.4 is 24.3 Å². The van der Waals surface area contributed by atoms with Crippen molar-refractivity contribution in [3.63, 3.8) is 0 Å². The van der Waals surface area contributed by atoms with Crippen molar-refractivity contribution in [3.8, 4) is 23.0 Å². The van der Waals surface area contributed by atoms with Crippen molar-refractivity contribution in [1.29, 1.82) is 0 Å². The Kier molecular flexibility index (Phi) is 45.8. The van der Waals surface area contributed by atoms with Gasteiger partial charge in [0, 0.05) is 154 Å². The Morgan fingerprint density at radius 2 is 0.906 bits per heavy atom. The Balaban J connectivity index is 0.000000556. The Hall–Kier alpha value is -9.36. The van der Waals surface area contributed by atoms with Crippen molar-refractivity contribution < 1.29 is 90.8 Å². The van der Waals surface area contributed by atoms with E-state index in [2.05, 4.69) is 24.1 Å². The van der Waals surface area contributed by atoms with Crippen LogP contribution in [-0.4, -0.2) is 213 Å². The van der Waals surface area contributed by atoms with Gasteiger partial charge in [-0.15, -0.1) is 0 Å². The number of ketones is 1. The minimum Gasteiger partial charge on any atom is -0.429 e. The zero-order valence-electron chi connectivity index (χ0n) is 63.8. The van der Waals surface area contributed by atoms with Crippen molar-refractivity contribution in [3.05, 3.63) is 127 Å². The number of nitrogens with zero attached hydrogens (tertiary/aromatic N) is 8. The van der Waals surface area contributed by atoms with E-state index in [1.165, 1.54) is 67.3 Å². The molecule has 30 heteroatoms. The fraction of sp³-hybridized carbons (Fsp3) is 0.579. The third-order valence-corrected chi connectivity index (χ3v) is 16.5. The van der Waals surface area contributed by atoms with Gasteiger partial charge in [0.1, 0.15) is 42.0 Å². The highest BCUT2D eigenvalue weighted by molar-refractivity contribution is 5.78. The van der Waals surface area contributed by atoms with Gasteiger partial charge in [-0.25, -0.2) is 19.2 Å². The number of nitrogens with one attached hydrogen (secondary N) is 1. The normalized spacial score (nSPS) is 10.9. The van der Waals surface area contributed by atoms with Gasteiger partial charge in [-0.2, -0.15) is 0 Å². The second-order valence-electron chi connectivity index (χ2n) is 25.3. The number of ether oxygens (including phenoxy) is 9. The van der Waals surface area contributed by atoms with Gasteiger partial charge < -0.3 is 77.3 Å². The summed E-state index contributed by atoms with van der Waals surface area (Å²) in [5.74, 6) is 0.810. The summed E-state index contributed by atoms with van der Waals surface area (Å²) in [7, 11) is 5.47. The van der Waals surface area contributed by atoms with E-state index in [4.69, 9.17) is 42.6 Å². The lowest BCUT2D eigenvalue weighted by Crippen LogP contribution is -2.40. The number of unbranched alkanes of at least 4 members (excludes halogenated alkanes) is 6.